The minimum Gasteiger partial charge on any atom is -0.379 e. The second kappa shape index (κ2) is 9.41. The van der Waals surface area contributed by atoms with E-state index < -0.39 is 0 Å². The van der Waals surface area contributed by atoms with Crippen molar-refractivity contribution in [1.29, 1.82) is 0 Å². The van der Waals surface area contributed by atoms with Crippen LogP contribution < -0.4 is 5.56 Å². The first-order chi connectivity index (χ1) is 13.8. The number of aromatic nitrogens is 3. The van der Waals surface area contributed by atoms with Crippen LogP contribution in [0.2, 0.25) is 0 Å². The maximum atomic E-state index is 12.5. The number of rotatable bonds is 6. The highest BCUT2D eigenvalue weighted by molar-refractivity contribution is 5.56. The first kappa shape index (κ1) is 19.2. The van der Waals surface area contributed by atoms with Crippen LogP contribution in [0.5, 0.6) is 0 Å². The van der Waals surface area contributed by atoms with Crippen molar-refractivity contribution in [2.24, 2.45) is 5.92 Å². The first-order valence-corrected chi connectivity index (χ1v) is 10.3. The quantitative estimate of drug-likeness (QED) is 0.750. The molecule has 0 aromatic carbocycles. The zero-order valence-electron chi connectivity index (χ0n) is 16.4. The monoisotopic (exact) mass is 383 g/mol. The molecule has 0 bridgehead atoms. The Morgan fingerprint density at radius 3 is 2.50 bits per heavy atom. The van der Waals surface area contributed by atoms with Crippen molar-refractivity contribution in [1.82, 2.24) is 24.3 Å². The van der Waals surface area contributed by atoms with Gasteiger partial charge in [0.25, 0.3) is 5.56 Å². The minimum absolute atomic E-state index is 0.0172. The van der Waals surface area contributed by atoms with Gasteiger partial charge in [-0.3, -0.25) is 19.2 Å². The van der Waals surface area contributed by atoms with Gasteiger partial charge in [0.1, 0.15) is 0 Å². The molecule has 7 nitrogen and oxygen atoms in total. The molecule has 2 aliphatic heterocycles. The van der Waals surface area contributed by atoms with Crippen molar-refractivity contribution in [2.45, 2.75) is 19.4 Å². The van der Waals surface area contributed by atoms with Crippen molar-refractivity contribution in [3.05, 3.63) is 47.3 Å². The lowest BCUT2D eigenvalue weighted by molar-refractivity contribution is 0.0312. The number of piperidine rings is 1. The van der Waals surface area contributed by atoms with Crippen molar-refractivity contribution in [3.8, 4) is 11.3 Å². The topological polar surface area (TPSA) is 63.5 Å². The number of likely N-dealkylation sites (tertiary alicyclic amines) is 1. The molecular weight excluding hydrogens is 354 g/mol. The summed E-state index contributed by atoms with van der Waals surface area (Å²) in [5.41, 5.74) is 1.58. The number of hydrogen-bond donors (Lipinski definition) is 0. The van der Waals surface area contributed by atoms with Gasteiger partial charge in [-0.1, -0.05) is 0 Å². The molecule has 0 radical (unpaired) electrons. The average molecular weight is 383 g/mol. The van der Waals surface area contributed by atoms with Gasteiger partial charge < -0.3 is 9.64 Å². The Balaban J connectivity index is 1.26. The van der Waals surface area contributed by atoms with Crippen LogP contribution in [-0.4, -0.2) is 76.8 Å². The molecule has 0 unspecified atom stereocenters. The van der Waals surface area contributed by atoms with Crippen LogP contribution in [0.15, 0.2) is 41.7 Å². The fourth-order valence-corrected chi connectivity index (χ4v) is 4.01. The number of ether oxygens (including phenoxy) is 1. The summed E-state index contributed by atoms with van der Waals surface area (Å²) in [4.78, 5) is 26.1. The lowest BCUT2D eigenvalue weighted by Crippen LogP contribution is -2.44. The van der Waals surface area contributed by atoms with Gasteiger partial charge in [0.2, 0.25) is 0 Å². The number of nitrogens with zero attached hydrogens (tertiary/aromatic N) is 5. The Morgan fingerprint density at radius 2 is 1.82 bits per heavy atom. The zero-order chi connectivity index (χ0) is 19.2. The lowest BCUT2D eigenvalue weighted by Gasteiger charge is -2.34. The Kier molecular flexibility index (Phi) is 6.46. The second-order valence-corrected chi connectivity index (χ2v) is 7.75. The third-order valence-electron chi connectivity index (χ3n) is 5.83. The van der Waals surface area contributed by atoms with Crippen LogP contribution in [0.25, 0.3) is 11.3 Å². The minimum atomic E-state index is 0.0172. The highest BCUT2D eigenvalue weighted by atomic mass is 16.5. The van der Waals surface area contributed by atoms with E-state index in [1.807, 2.05) is 12.1 Å². The van der Waals surface area contributed by atoms with E-state index in [2.05, 4.69) is 19.8 Å². The number of hydrogen-bond acceptors (Lipinski definition) is 6. The molecule has 4 heterocycles. The van der Waals surface area contributed by atoms with Crippen molar-refractivity contribution in [3.63, 3.8) is 0 Å². The van der Waals surface area contributed by atoms with Gasteiger partial charge in [0.05, 0.1) is 25.2 Å². The number of morpholine rings is 1. The van der Waals surface area contributed by atoms with Crippen LogP contribution in [0.4, 0.5) is 0 Å². The van der Waals surface area contributed by atoms with Gasteiger partial charge in [-0.2, -0.15) is 0 Å². The molecule has 0 amide bonds. The van der Waals surface area contributed by atoms with E-state index >= 15 is 0 Å². The van der Waals surface area contributed by atoms with E-state index in [1.165, 1.54) is 0 Å². The fourth-order valence-electron chi connectivity index (χ4n) is 4.01. The van der Waals surface area contributed by atoms with Gasteiger partial charge in [-0.05, 0) is 44.0 Å². The van der Waals surface area contributed by atoms with Crippen LogP contribution in [0.1, 0.15) is 12.8 Å². The number of pyridine rings is 1. The summed E-state index contributed by atoms with van der Waals surface area (Å²) < 4.78 is 7.17. The summed E-state index contributed by atoms with van der Waals surface area (Å²) >= 11 is 0. The third-order valence-corrected chi connectivity index (χ3v) is 5.83. The van der Waals surface area contributed by atoms with Gasteiger partial charge in [-0.25, -0.2) is 4.98 Å². The molecule has 2 saturated heterocycles. The van der Waals surface area contributed by atoms with E-state index in [1.54, 1.807) is 29.4 Å². The van der Waals surface area contributed by atoms with E-state index in [0.29, 0.717) is 11.6 Å². The molecule has 4 rings (SSSR count). The van der Waals surface area contributed by atoms with Gasteiger partial charge in [-0.15, -0.1) is 0 Å². The maximum absolute atomic E-state index is 12.5. The Bertz CT molecular complexity index is 796. The highest BCUT2D eigenvalue weighted by Crippen LogP contribution is 2.19. The standard InChI is InChI=1S/C21H29N5O2/c27-21-14-20(19-2-1-5-22-15-19)23-17-26(21)16-18-3-6-24(7-4-18)8-9-25-10-12-28-13-11-25/h1-2,5,14-15,17-18H,3-4,6-13,16H2. The second-order valence-electron chi connectivity index (χ2n) is 7.75. The maximum Gasteiger partial charge on any atom is 0.253 e. The summed E-state index contributed by atoms with van der Waals surface area (Å²) in [7, 11) is 0. The summed E-state index contributed by atoms with van der Waals surface area (Å²) in [6.07, 6.45) is 7.42. The molecule has 0 N–H and O–H groups in total. The van der Waals surface area contributed by atoms with Crippen molar-refractivity contribution < 1.29 is 4.74 Å². The largest absolute Gasteiger partial charge is 0.379 e. The summed E-state index contributed by atoms with van der Waals surface area (Å²) in [5, 5.41) is 0. The average Bonchev–Trinajstić information content (AvgIpc) is 2.76. The molecular formula is C21H29N5O2. The molecule has 0 spiro atoms. The van der Waals surface area contributed by atoms with E-state index in [4.69, 9.17) is 4.74 Å². The van der Waals surface area contributed by atoms with Crippen molar-refractivity contribution >= 4 is 0 Å². The van der Waals surface area contributed by atoms with Gasteiger partial charge >= 0.3 is 0 Å². The smallest absolute Gasteiger partial charge is 0.253 e. The molecule has 2 aromatic rings. The Labute approximate surface area is 166 Å². The van der Waals surface area contributed by atoms with E-state index in [9.17, 15) is 4.79 Å². The van der Waals surface area contributed by atoms with Crippen LogP contribution >= 0.6 is 0 Å². The first-order valence-electron chi connectivity index (χ1n) is 10.3. The fraction of sp³-hybridized carbons (Fsp3) is 0.571. The van der Waals surface area contributed by atoms with Gasteiger partial charge in [0.15, 0.2) is 0 Å². The lowest BCUT2D eigenvalue weighted by atomic mass is 9.96. The predicted molar refractivity (Wildman–Crippen MR) is 108 cm³/mol. The van der Waals surface area contributed by atoms with Crippen LogP contribution in [0.3, 0.4) is 0 Å². The third kappa shape index (κ3) is 5.04. The van der Waals surface area contributed by atoms with E-state index in [0.717, 1.165) is 77.4 Å². The zero-order valence-corrected chi connectivity index (χ0v) is 16.4. The molecule has 2 fully saturated rings. The summed E-state index contributed by atoms with van der Waals surface area (Å²) in [6.45, 7) is 9.10. The molecule has 28 heavy (non-hydrogen) atoms. The normalized spacial score (nSPS) is 19.7. The molecule has 2 aliphatic rings. The highest BCUT2D eigenvalue weighted by Gasteiger charge is 2.21. The molecule has 0 aliphatic carbocycles. The Hall–Kier alpha value is -2.09. The molecule has 7 heteroatoms. The SMILES string of the molecule is O=c1cc(-c2cccnc2)ncn1CC1CCN(CCN2CCOCC2)CC1. The van der Waals surface area contributed by atoms with Gasteiger partial charge in [0, 0.05) is 56.7 Å². The molecule has 0 atom stereocenters. The van der Waals surface area contributed by atoms with Crippen LogP contribution in [-0.2, 0) is 11.3 Å². The van der Waals surface area contributed by atoms with E-state index in [-0.39, 0.29) is 5.56 Å². The van der Waals surface area contributed by atoms with Crippen molar-refractivity contribution in [2.75, 3.05) is 52.5 Å². The Morgan fingerprint density at radius 1 is 1.07 bits per heavy atom. The summed E-state index contributed by atoms with van der Waals surface area (Å²) in [6, 6.07) is 5.40. The summed E-state index contributed by atoms with van der Waals surface area (Å²) in [5.74, 6) is 0.545. The molecule has 150 valence electrons. The predicted octanol–water partition coefficient (Wildman–Crippen LogP) is 1.35. The molecule has 2 aromatic heterocycles. The van der Waals surface area contributed by atoms with Crippen LogP contribution in [0, 0.1) is 5.92 Å². The molecule has 0 saturated carbocycles.